The third-order valence-electron chi connectivity index (χ3n) is 7.33. The maximum atomic E-state index is 13.6. The molecule has 2 aromatic rings. The van der Waals surface area contributed by atoms with E-state index in [4.69, 9.17) is 4.74 Å². The number of nitrogens with zero attached hydrogens (tertiary/aromatic N) is 1. The average Bonchev–Trinajstić information content (AvgIpc) is 2.97. The summed E-state index contributed by atoms with van der Waals surface area (Å²) in [6.45, 7) is 4.49. The zero-order valence-corrected chi connectivity index (χ0v) is 21.0. The van der Waals surface area contributed by atoms with Gasteiger partial charge >= 0.3 is 5.97 Å². The Balaban J connectivity index is 1.53. The SMILES string of the molecule is CC(C)c1ccc(OC2CCC3(CC2)N(CCc2ccccc2)C(=O)C(CC(=O)O)S3(=O)=O)cc1. The van der Waals surface area contributed by atoms with Crippen molar-refractivity contribution in [2.75, 3.05) is 6.54 Å². The summed E-state index contributed by atoms with van der Waals surface area (Å²) >= 11 is 0. The lowest BCUT2D eigenvalue weighted by molar-refractivity contribution is -0.141. The normalized spacial score (nSPS) is 25.8. The topological polar surface area (TPSA) is 101 Å². The van der Waals surface area contributed by atoms with Gasteiger partial charge in [0.2, 0.25) is 5.91 Å². The number of hydrogen-bond donors (Lipinski definition) is 1. The lowest BCUT2D eigenvalue weighted by Crippen LogP contribution is -2.53. The van der Waals surface area contributed by atoms with Crippen LogP contribution in [0.15, 0.2) is 54.6 Å². The number of aliphatic carboxylic acids is 1. The van der Waals surface area contributed by atoms with E-state index in [9.17, 15) is 23.1 Å². The highest BCUT2D eigenvalue weighted by molar-refractivity contribution is 7.94. The van der Waals surface area contributed by atoms with Crippen LogP contribution in [-0.2, 0) is 25.8 Å². The number of carbonyl (C=O) groups is 2. The molecule has 2 aromatic carbocycles. The molecule has 1 amide bonds. The van der Waals surface area contributed by atoms with Crippen molar-refractivity contribution in [3.63, 3.8) is 0 Å². The minimum Gasteiger partial charge on any atom is -0.490 e. The quantitative estimate of drug-likeness (QED) is 0.585. The van der Waals surface area contributed by atoms with Crippen LogP contribution in [0.5, 0.6) is 5.75 Å². The summed E-state index contributed by atoms with van der Waals surface area (Å²) in [6, 6.07) is 17.5. The summed E-state index contributed by atoms with van der Waals surface area (Å²) < 4.78 is 33.4. The second kappa shape index (κ2) is 10.0. The minimum atomic E-state index is -4.02. The fraction of sp³-hybridized carbons (Fsp3) is 0.481. The summed E-state index contributed by atoms with van der Waals surface area (Å²) in [5, 5.41) is 7.78. The Kier molecular flexibility index (Phi) is 7.22. The summed E-state index contributed by atoms with van der Waals surface area (Å²) in [4.78, 5) is 24.8. The van der Waals surface area contributed by atoms with E-state index in [1.807, 2.05) is 54.6 Å². The molecule has 0 bridgehead atoms. The predicted octanol–water partition coefficient (Wildman–Crippen LogP) is 4.17. The minimum absolute atomic E-state index is 0.162. The van der Waals surface area contributed by atoms with Gasteiger partial charge in [0, 0.05) is 6.54 Å². The van der Waals surface area contributed by atoms with Gasteiger partial charge in [-0.3, -0.25) is 9.59 Å². The van der Waals surface area contributed by atoms with Gasteiger partial charge < -0.3 is 14.7 Å². The van der Waals surface area contributed by atoms with Crippen molar-refractivity contribution in [2.24, 2.45) is 0 Å². The molecule has 1 unspecified atom stereocenters. The third-order valence-corrected chi connectivity index (χ3v) is 10.1. The highest BCUT2D eigenvalue weighted by Crippen LogP contribution is 2.47. The molecule has 1 N–H and O–H groups in total. The van der Waals surface area contributed by atoms with E-state index in [2.05, 4.69) is 13.8 Å². The molecule has 1 heterocycles. The number of benzene rings is 2. The first-order valence-electron chi connectivity index (χ1n) is 12.2. The maximum Gasteiger partial charge on any atom is 0.305 e. The van der Waals surface area contributed by atoms with Gasteiger partial charge in [0.1, 0.15) is 10.6 Å². The molecule has 188 valence electrons. The zero-order valence-electron chi connectivity index (χ0n) is 20.2. The lowest BCUT2D eigenvalue weighted by atomic mass is 9.90. The Morgan fingerprint density at radius 2 is 1.71 bits per heavy atom. The van der Waals surface area contributed by atoms with Crippen LogP contribution < -0.4 is 4.74 Å². The average molecular weight is 500 g/mol. The molecule has 0 aromatic heterocycles. The summed E-state index contributed by atoms with van der Waals surface area (Å²) in [5.41, 5.74) is 2.21. The van der Waals surface area contributed by atoms with Crippen molar-refractivity contribution in [3.8, 4) is 5.75 Å². The van der Waals surface area contributed by atoms with Gasteiger partial charge in [-0.25, -0.2) is 8.42 Å². The fourth-order valence-corrected chi connectivity index (χ4v) is 7.90. The molecule has 1 saturated carbocycles. The number of amides is 1. The highest BCUT2D eigenvalue weighted by Gasteiger charge is 2.63. The number of ether oxygens (including phenoxy) is 1. The molecule has 7 nitrogen and oxygen atoms in total. The molecule has 8 heteroatoms. The number of sulfone groups is 1. The van der Waals surface area contributed by atoms with Crippen LogP contribution in [0.4, 0.5) is 0 Å². The first kappa shape index (κ1) is 25.2. The number of hydrogen-bond acceptors (Lipinski definition) is 5. The van der Waals surface area contributed by atoms with Crippen molar-refractivity contribution < 1.29 is 27.9 Å². The zero-order chi connectivity index (χ0) is 25.2. The second-order valence-corrected chi connectivity index (χ2v) is 12.3. The summed E-state index contributed by atoms with van der Waals surface area (Å²) in [5.74, 6) is -0.712. The molecule has 2 fully saturated rings. The Labute approximate surface area is 207 Å². The van der Waals surface area contributed by atoms with Gasteiger partial charge in [-0.05, 0) is 61.3 Å². The largest absolute Gasteiger partial charge is 0.490 e. The Morgan fingerprint density at radius 3 is 2.29 bits per heavy atom. The predicted molar refractivity (Wildman–Crippen MR) is 133 cm³/mol. The molecular weight excluding hydrogens is 466 g/mol. The standard InChI is InChI=1S/C27H33NO6S/c1-19(2)21-8-10-22(11-9-21)34-23-12-15-27(16-13-23)28(17-14-20-6-4-3-5-7-20)26(31)24(18-25(29)30)35(27,32)33/h3-11,19,23-24H,12-18H2,1-2H3,(H,29,30). The first-order chi connectivity index (χ1) is 16.6. The van der Waals surface area contributed by atoms with Crippen molar-refractivity contribution in [1.82, 2.24) is 4.90 Å². The Morgan fingerprint density at radius 1 is 1.09 bits per heavy atom. The third kappa shape index (κ3) is 4.94. The fourth-order valence-electron chi connectivity index (χ4n) is 5.32. The van der Waals surface area contributed by atoms with Gasteiger partial charge in [-0.15, -0.1) is 0 Å². The van der Waals surface area contributed by atoms with Gasteiger partial charge in [0.05, 0.1) is 12.5 Å². The van der Waals surface area contributed by atoms with E-state index in [0.717, 1.165) is 11.3 Å². The van der Waals surface area contributed by atoms with E-state index in [1.165, 1.54) is 10.5 Å². The maximum absolute atomic E-state index is 13.6. The molecular formula is C27H33NO6S. The molecule has 2 aliphatic rings. The van der Waals surface area contributed by atoms with Crippen LogP contribution in [0.25, 0.3) is 0 Å². The van der Waals surface area contributed by atoms with Crippen LogP contribution in [0.3, 0.4) is 0 Å². The van der Waals surface area contributed by atoms with Crippen LogP contribution in [-0.4, -0.2) is 53.1 Å². The van der Waals surface area contributed by atoms with Crippen LogP contribution in [0, 0.1) is 0 Å². The second-order valence-electron chi connectivity index (χ2n) is 9.84. The summed E-state index contributed by atoms with van der Waals surface area (Å²) in [6.07, 6.45) is 1.06. The van der Waals surface area contributed by atoms with E-state index in [1.54, 1.807) is 0 Å². The molecule has 0 radical (unpaired) electrons. The van der Waals surface area contributed by atoms with Gasteiger partial charge in [-0.1, -0.05) is 56.3 Å². The van der Waals surface area contributed by atoms with Crippen molar-refractivity contribution in [1.29, 1.82) is 0 Å². The molecule has 1 aliphatic heterocycles. The smallest absolute Gasteiger partial charge is 0.305 e. The van der Waals surface area contributed by atoms with Gasteiger partial charge in [-0.2, -0.15) is 0 Å². The van der Waals surface area contributed by atoms with Crippen LogP contribution in [0.1, 0.15) is 63.0 Å². The van der Waals surface area contributed by atoms with E-state index >= 15 is 0 Å². The van der Waals surface area contributed by atoms with Gasteiger partial charge in [0.15, 0.2) is 15.1 Å². The van der Waals surface area contributed by atoms with Crippen molar-refractivity contribution >= 4 is 21.7 Å². The number of rotatable bonds is 8. The van der Waals surface area contributed by atoms with E-state index in [0.29, 0.717) is 25.2 Å². The molecule has 35 heavy (non-hydrogen) atoms. The van der Waals surface area contributed by atoms with Crippen molar-refractivity contribution in [3.05, 3.63) is 65.7 Å². The number of carboxylic acid groups (broad SMARTS) is 1. The number of carboxylic acids is 1. The van der Waals surface area contributed by atoms with E-state index < -0.39 is 38.3 Å². The van der Waals surface area contributed by atoms with E-state index in [-0.39, 0.29) is 25.5 Å². The molecule has 1 atom stereocenters. The first-order valence-corrected chi connectivity index (χ1v) is 13.8. The van der Waals surface area contributed by atoms with Crippen LogP contribution >= 0.6 is 0 Å². The lowest BCUT2D eigenvalue weighted by Gasteiger charge is -2.42. The Hall–Kier alpha value is -2.87. The molecule has 4 rings (SSSR count). The Bertz CT molecular complexity index is 1150. The summed E-state index contributed by atoms with van der Waals surface area (Å²) in [7, 11) is -4.02. The molecule has 1 aliphatic carbocycles. The highest BCUT2D eigenvalue weighted by atomic mass is 32.2. The van der Waals surface area contributed by atoms with Crippen LogP contribution in [0.2, 0.25) is 0 Å². The molecule has 1 saturated heterocycles. The van der Waals surface area contributed by atoms with Gasteiger partial charge in [0.25, 0.3) is 0 Å². The number of carbonyl (C=O) groups excluding carboxylic acids is 1. The monoisotopic (exact) mass is 499 g/mol. The molecule has 1 spiro atoms. The van der Waals surface area contributed by atoms with Crippen molar-refractivity contribution in [2.45, 2.75) is 74.5 Å².